The van der Waals surface area contributed by atoms with Crippen LogP contribution in [0.25, 0.3) is 0 Å². The largest absolute Gasteiger partial charge is 0.416 e. The minimum atomic E-state index is -4.39. The summed E-state index contributed by atoms with van der Waals surface area (Å²) in [5, 5.41) is 2.66. The van der Waals surface area contributed by atoms with Crippen molar-refractivity contribution in [3.63, 3.8) is 0 Å². The van der Waals surface area contributed by atoms with Gasteiger partial charge in [-0.15, -0.1) is 11.3 Å². The molecule has 106 valence electrons. The zero-order valence-corrected chi connectivity index (χ0v) is 12.4. The lowest BCUT2D eigenvalue weighted by molar-refractivity contribution is -0.137. The van der Waals surface area contributed by atoms with E-state index < -0.39 is 17.6 Å². The number of nitrogens with one attached hydrogen (secondary N) is 1. The van der Waals surface area contributed by atoms with Crippen molar-refractivity contribution in [2.45, 2.75) is 12.7 Å². The summed E-state index contributed by atoms with van der Waals surface area (Å²) < 4.78 is 38.1. The zero-order valence-electron chi connectivity index (χ0n) is 10.00. The topological polar surface area (TPSA) is 29.1 Å². The zero-order chi connectivity index (χ0) is 14.8. The summed E-state index contributed by atoms with van der Waals surface area (Å²) >= 11 is 4.79. The fraction of sp³-hybridized carbons (Fsp3) is 0.154. The minimum absolute atomic E-state index is 0.202. The van der Waals surface area contributed by atoms with E-state index in [2.05, 4.69) is 21.2 Å². The van der Waals surface area contributed by atoms with Gasteiger partial charge < -0.3 is 5.32 Å². The number of hydrogen-bond acceptors (Lipinski definition) is 2. The normalized spacial score (nSPS) is 11.4. The van der Waals surface area contributed by atoms with Crippen molar-refractivity contribution in [3.05, 3.63) is 56.2 Å². The SMILES string of the molecule is O=C(NCc1ccc(Br)s1)c1ccc(C(F)(F)F)cc1. The molecule has 0 radical (unpaired) electrons. The van der Waals surface area contributed by atoms with Gasteiger partial charge in [0.05, 0.1) is 15.9 Å². The van der Waals surface area contributed by atoms with Crippen LogP contribution in [0.4, 0.5) is 13.2 Å². The van der Waals surface area contributed by atoms with E-state index in [0.29, 0.717) is 6.54 Å². The number of amides is 1. The Morgan fingerprint density at radius 1 is 1.15 bits per heavy atom. The second-order valence-corrected chi connectivity index (χ2v) is 6.51. The summed E-state index contributed by atoms with van der Waals surface area (Å²) in [4.78, 5) is 12.7. The van der Waals surface area contributed by atoms with E-state index in [9.17, 15) is 18.0 Å². The number of carbonyl (C=O) groups excluding carboxylic acids is 1. The molecule has 0 aliphatic rings. The van der Waals surface area contributed by atoms with Crippen molar-refractivity contribution in [1.29, 1.82) is 0 Å². The lowest BCUT2D eigenvalue weighted by Gasteiger charge is -2.07. The third-order valence-electron chi connectivity index (χ3n) is 2.53. The Hall–Kier alpha value is -1.34. The predicted molar refractivity (Wildman–Crippen MR) is 74.6 cm³/mol. The maximum absolute atomic E-state index is 12.4. The molecule has 0 fully saturated rings. The fourth-order valence-corrected chi connectivity index (χ4v) is 2.95. The summed E-state index contributed by atoms with van der Waals surface area (Å²) in [6.07, 6.45) is -4.39. The lowest BCUT2D eigenvalue weighted by atomic mass is 10.1. The number of carbonyl (C=O) groups is 1. The van der Waals surface area contributed by atoms with Crippen molar-refractivity contribution in [1.82, 2.24) is 5.32 Å². The molecular weight excluding hydrogens is 355 g/mol. The van der Waals surface area contributed by atoms with Crippen LogP contribution in [0.3, 0.4) is 0 Å². The molecule has 2 rings (SSSR count). The number of benzene rings is 1. The molecule has 0 aliphatic heterocycles. The van der Waals surface area contributed by atoms with Gasteiger partial charge in [0.15, 0.2) is 0 Å². The van der Waals surface area contributed by atoms with Crippen LogP contribution in [0.2, 0.25) is 0 Å². The van der Waals surface area contributed by atoms with Gasteiger partial charge in [-0.1, -0.05) is 0 Å². The van der Waals surface area contributed by atoms with Crippen LogP contribution in [0.15, 0.2) is 40.2 Å². The lowest BCUT2D eigenvalue weighted by Crippen LogP contribution is -2.22. The molecule has 20 heavy (non-hydrogen) atoms. The van der Waals surface area contributed by atoms with E-state index in [1.165, 1.54) is 23.5 Å². The second kappa shape index (κ2) is 5.97. The molecule has 2 nitrogen and oxygen atoms in total. The monoisotopic (exact) mass is 363 g/mol. The highest BCUT2D eigenvalue weighted by molar-refractivity contribution is 9.11. The van der Waals surface area contributed by atoms with Crippen LogP contribution in [-0.2, 0) is 12.7 Å². The van der Waals surface area contributed by atoms with Crippen LogP contribution in [0.1, 0.15) is 20.8 Å². The van der Waals surface area contributed by atoms with Crippen LogP contribution < -0.4 is 5.32 Å². The molecule has 0 bridgehead atoms. The summed E-state index contributed by atoms with van der Waals surface area (Å²) in [7, 11) is 0. The van der Waals surface area contributed by atoms with Crippen molar-refractivity contribution in [2.75, 3.05) is 0 Å². The molecule has 7 heteroatoms. The van der Waals surface area contributed by atoms with Crippen molar-refractivity contribution in [2.24, 2.45) is 0 Å². The Morgan fingerprint density at radius 2 is 1.80 bits per heavy atom. The predicted octanol–water partition coefficient (Wildman–Crippen LogP) is 4.46. The Bertz CT molecular complexity index is 607. The number of halogens is 4. The molecule has 2 aromatic rings. The van der Waals surface area contributed by atoms with E-state index in [1.807, 2.05) is 12.1 Å². The van der Waals surface area contributed by atoms with Crippen molar-refractivity contribution >= 4 is 33.2 Å². The quantitative estimate of drug-likeness (QED) is 0.856. The van der Waals surface area contributed by atoms with Gasteiger partial charge in [-0.25, -0.2) is 0 Å². The van der Waals surface area contributed by atoms with Gasteiger partial charge in [0.1, 0.15) is 0 Å². The Morgan fingerprint density at radius 3 is 2.30 bits per heavy atom. The Labute approximate surface area is 125 Å². The smallest absolute Gasteiger partial charge is 0.347 e. The summed E-state index contributed by atoms with van der Waals surface area (Å²) in [6, 6.07) is 7.87. The number of hydrogen-bond donors (Lipinski definition) is 1. The highest BCUT2D eigenvalue weighted by atomic mass is 79.9. The molecule has 1 aromatic carbocycles. The van der Waals surface area contributed by atoms with Crippen LogP contribution in [0, 0.1) is 0 Å². The number of alkyl halides is 3. The van der Waals surface area contributed by atoms with Gasteiger partial charge in [-0.2, -0.15) is 13.2 Å². The Kier molecular flexibility index (Phi) is 4.49. The van der Waals surface area contributed by atoms with Gasteiger partial charge in [0, 0.05) is 10.4 Å². The van der Waals surface area contributed by atoms with Gasteiger partial charge in [0.2, 0.25) is 0 Å². The maximum atomic E-state index is 12.4. The fourth-order valence-electron chi connectivity index (χ4n) is 1.53. The van der Waals surface area contributed by atoms with E-state index in [-0.39, 0.29) is 5.56 Å². The molecule has 0 saturated carbocycles. The Balaban J connectivity index is 1.99. The molecule has 1 amide bonds. The van der Waals surface area contributed by atoms with Gasteiger partial charge >= 0.3 is 6.18 Å². The van der Waals surface area contributed by atoms with Gasteiger partial charge in [0.25, 0.3) is 5.91 Å². The van der Waals surface area contributed by atoms with Crippen LogP contribution >= 0.6 is 27.3 Å². The average Bonchev–Trinajstić information content (AvgIpc) is 2.81. The van der Waals surface area contributed by atoms with E-state index >= 15 is 0 Å². The third kappa shape index (κ3) is 3.83. The van der Waals surface area contributed by atoms with Gasteiger partial charge in [-0.05, 0) is 52.3 Å². The molecule has 0 unspecified atom stereocenters. The highest BCUT2D eigenvalue weighted by Gasteiger charge is 2.30. The first-order valence-corrected chi connectivity index (χ1v) is 7.17. The molecule has 0 aliphatic carbocycles. The molecule has 0 spiro atoms. The molecule has 1 N–H and O–H groups in total. The van der Waals surface area contributed by atoms with E-state index in [4.69, 9.17) is 0 Å². The first-order valence-electron chi connectivity index (χ1n) is 5.56. The minimum Gasteiger partial charge on any atom is -0.347 e. The molecular formula is C13H9BrF3NOS. The number of rotatable bonds is 3. The maximum Gasteiger partial charge on any atom is 0.416 e. The molecule has 1 heterocycles. The van der Waals surface area contributed by atoms with Crippen LogP contribution in [-0.4, -0.2) is 5.91 Å². The standard InChI is InChI=1S/C13H9BrF3NOS/c14-11-6-5-10(20-11)7-18-12(19)8-1-3-9(4-2-8)13(15,16)17/h1-6H,7H2,(H,18,19). The van der Waals surface area contributed by atoms with Crippen molar-refractivity contribution in [3.8, 4) is 0 Å². The third-order valence-corrected chi connectivity index (χ3v) is 4.15. The summed E-state index contributed by atoms with van der Waals surface area (Å²) in [5.74, 6) is -0.400. The second-order valence-electron chi connectivity index (χ2n) is 3.96. The summed E-state index contributed by atoms with van der Waals surface area (Å²) in [5.41, 5.74) is -0.565. The molecule has 1 aromatic heterocycles. The summed E-state index contributed by atoms with van der Waals surface area (Å²) in [6.45, 7) is 0.343. The van der Waals surface area contributed by atoms with E-state index in [1.54, 1.807) is 0 Å². The first kappa shape index (κ1) is 15.1. The van der Waals surface area contributed by atoms with Crippen molar-refractivity contribution < 1.29 is 18.0 Å². The molecule has 0 saturated heterocycles. The highest BCUT2D eigenvalue weighted by Crippen LogP contribution is 2.29. The van der Waals surface area contributed by atoms with Gasteiger partial charge in [-0.3, -0.25) is 4.79 Å². The first-order chi connectivity index (χ1) is 9.36. The van der Waals surface area contributed by atoms with Crippen LogP contribution in [0.5, 0.6) is 0 Å². The van der Waals surface area contributed by atoms with E-state index in [0.717, 1.165) is 20.8 Å². The average molecular weight is 364 g/mol. The number of thiophene rings is 1. The molecule has 0 atom stereocenters.